The van der Waals surface area contributed by atoms with Gasteiger partial charge in [0.1, 0.15) is 0 Å². The molecule has 0 heterocycles. The molecule has 2 saturated carbocycles. The third kappa shape index (κ3) is 2.46. The van der Waals surface area contributed by atoms with Gasteiger partial charge in [-0.3, -0.25) is 0 Å². The fourth-order valence-electron chi connectivity index (χ4n) is 3.40. The highest BCUT2D eigenvalue weighted by molar-refractivity contribution is 8.00. The van der Waals surface area contributed by atoms with E-state index in [0.29, 0.717) is 22.3 Å². The first-order chi connectivity index (χ1) is 8.60. The summed E-state index contributed by atoms with van der Waals surface area (Å²) in [4.78, 5) is 0. The van der Waals surface area contributed by atoms with E-state index in [2.05, 4.69) is 44.1 Å². The number of hydrogen-bond donors (Lipinski definition) is 1. The van der Waals surface area contributed by atoms with Crippen molar-refractivity contribution in [1.29, 1.82) is 0 Å². The lowest BCUT2D eigenvalue weighted by Gasteiger charge is -2.55. The van der Waals surface area contributed by atoms with Gasteiger partial charge in [-0.25, -0.2) is 0 Å². The second kappa shape index (κ2) is 5.72. The molecule has 0 saturated heterocycles. The Morgan fingerprint density at radius 3 is 2.50 bits per heavy atom. The monoisotopic (exact) mass is 271 g/mol. The molecule has 106 valence electrons. The zero-order valence-electron chi connectivity index (χ0n) is 12.4. The fraction of sp³-hybridized carbons (Fsp3) is 1.00. The van der Waals surface area contributed by atoms with E-state index in [4.69, 9.17) is 4.74 Å². The molecule has 0 radical (unpaired) electrons. The smallest absolute Gasteiger partial charge is 0.0658 e. The molecule has 2 aliphatic rings. The number of nitrogens with one attached hydrogen (secondary N) is 1. The second-order valence-electron chi connectivity index (χ2n) is 6.21. The van der Waals surface area contributed by atoms with Gasteiger partial charge in [-0.2, -0.15) is 11.8 Å². The molecule has 0 spiro atoms. The van der Waals surface area contributed by atoms with Gasteiger partial charge in [0, 0.05) is 29.4 Å². The molecular formula is C15H29NOS. The molecule has 0 aromatic heterocycles. The summed E-state index contributed by atoms with van der Waals surface area (Å²) in [6.45, 7) is 8.83. The van der Waals surface area contributed by atoms with Gasteiger partial charge in [0.25, 0.3) is 0 Å². The summed E-state index contributed by atoms with van der Waals surface area (Å²) in [6, 6.07) is 0.656. The van der Waals surface area contributed by atoms with Crippen LogP contribution in [0.4, 0.5) is 0 Å². The van der Waals surface area contributed by atoms with Crippen molar-refractivity contribution >= 4 is 11.8 Å². The minimum Gasteiger partial charge on any atom is -0.378 e. The van der Waals surface area contributed by atoms with Gasteiger partial charge >= 0.3 is 0 Å². The summed E-state index contributed by atoms with van der Waals surface area (Å²) in [6.07, 6.45) is 9.35. The first-order valence-corrected chi connectivity index (χ1v) is 8.73. The van der Waals surface area contributed by atoms with Crippen LogP contribution in [0.15, 0.2) is 0 Å². The van der Waals surface area contributed by atoms with Crippen LogP contribution < -0.4 is 5.32 Å². The Balaban J connectivity index is 1.83. The second-order valence-corrected chi connectivity index (χ2v) is 7.49. The van der Waals surface area contributed by atoms with Crippen molar-refractivity contribution in [3.05, 3.63) is 0 Å². The SMILES string of the molecule is CCOC1CC(NCC2(SC)CCC2)C1(C)CC. The van der Waals surface area contributed by atoms with Crippen LogP contribution in [0.25, 0.3) is 0 Å². The first-order valence-electron chi connectivity index (χ1n) is 7.50. The molecule has 3 atom stereocenters. The molecule has 18 heavy (non-hydrogen) atoms. The van der Waals surface area contributed by atoms with E-state index in [1.165, 1.54) is 38.6 Å². The normalized spacial score (nSPS) is 38.0. The summed E-state index contributed by atoms with van der Waals surface area (Å²) in [5.74, 6) is 0. The third-order valence-corrected chi connectivity index (χ3v) is 6.90. The molecule has 1 N–H and O–H groups in total. The molecule has 2 aliphatic carbocycles. The molecule has 2 rings (SSSR count). The lowest BCUT2D eigenvalue weighted by Crippen LogP contribution is -2.64. The Morgan fingerprint density at radius 1 is 1.33 bits per heavy atom. The Morgan fingerprint density at radius 2 is 2.06 bits per heavy atom. The van der Waals surface area contributed by atoms with Crippen LogP contribution in [-0.4, -0.2) is 36.3 Å². The van der Waals surface area contributed by atoms with Crippen LogP contribution in [-0.2, 0) is 4.74 Å². The van der Waals surface area contributed by atoms with Gasteiger partial charge in [0.05, 0.1) is 6.10 Å². The van der Waals surface area contributed by atoms with Crippen LogP contribution in [0.2, 0.25) is 0 Å². The third-order valence-electron chi connectivity index (χ3n) is 5.48. The van der Waals surface area contributed by atoms with E-state index in [1.807, 2.05) is 0 Å². The molecule has 3 heteroatoms. The van der Waals surface area contributed by atoms with Crippen LogP contribution >= 0.6 is 11.8 Å². The zero-order valence-corrected chi connectivity index (χ0v) is 13.2. The quantitative estimate of drug-likeness (QED) is 0.766. The Hall–Kier alpha value is 0.270. The Bertz CT molecular complexity index is 274. The highest BCUT2D eigenvalue weighted by Crippen LogP contribution is 2.47. The molecule has 3 unspecified atom stereocenters. The van der Waals surface area contributed by atoms with E-state index >= 15 is 0 Å². The molecule has 0 aliphatic heterocycles. The Kier molecular flexibility index (Phi) is 4.66. The largest absolute Gasteiger partial charge is 0.378 e. The van der Waals surface area contributed by atoms with Crippen LogP contribution in [0, 0.1) is 5.41 Å². The van der Waals surface area contributed by atoms with Gasteiger partial charge in [0.2, 0.25) is 0 Å². The zero-order chi connectivity index (χ0) is 13.2. The molecule has 0 bridgehead atoms. The van der Waals surface area contributed by atoms with Gasteiger partial charge < -0.3 is 10.1 Å². The highest BCUT2D eigenvalue weighted by atomic mass is 32.2. The molecule has 0 aromatic carbocycles. The van der Waals surface area contributed by atoms with Crippen molar-refractivity contribution < 1.29 is 4.74 Å². The number of rotatable bonds is 7. The van der Waals surface area contributed by atoms with Gasteiger partial charge in [-0.05, 0) is 38.9 Å². The minimum absolute atomic E-state index is 0.347. The standard InChI is InChI=1S/C15H29NOS/c1-5-14(3)12(10-13(14)17-6-2)16-11-15(18-4)8-7-9-15/h12-13,16H,5-11H2,1-4H3. The van der Waals surface area contributed by atoms with Crippen molar-refractivity contribution in [2.24, 2.45) is 5.41 Å². The van der Waals surface area contributed by atoms with E-state index in [9.17, 15) is 0 Å². The van der Waals surface area contributed by atoms with Crippen molar-refractivity contribution in [2.45, 2.75) is 69.8 Å². The summed E-state index contributed by atoms with van der Waals surface area (Å²) < 4.78 is 6.41. The number of hydrogen-bond acceptors (Lipinski definition) is 3. The maximum Gasteiger partial charge on any atom is 0.0658 e. The highest BCUT2D eigenvalue weighted by Gasteiger charge is 2.51. The summed E-state index contributed by atoms with van der Waals surface area (Å²) in [5.41, 5.74) is 0.347. The minimum atomic E-state index is 0.347. The van der Waals surface area contributed by atoms with Crippen LogP contribution in [0.3, 0.4) is 0 Å². The molecule has 2 nitrogen and oxygen atoms in total. The predicted molar refractivity (Wildman–Crippen MR) is 80.3 cm³/mol. The number of thioether (sulfide) groups is 1. The summed E-state index contributed by atoms with van der Waals surface area (Å²) >= 11 is 2.06. The van der Waals surface area contributed by atoms with Gasteiger partial charge in [-0.15, -0.1) is 0 Å². The van der Waals surface area contributed by atoms with E-state index in [1.54, 1.807) is 0 Å². The van der Waals surface area contributed by atoms with Crippen molar-refractivity contribution in [2.75, 3.05) is 19.4 Å². The summed E-state index contributed by atoms with van der Waals surface area (Å²) in [5, 5.41) is 3.84. The summed E-state index contributed by atoms with van der Waals surface area (Å²) in [7, 11) is 0. The van der Waals surface area contributed by atoms with Crippen molar-refractivity contribution in [3.63, 3.8) is 0 Å². The van der Waals surface area contributed by atoms with Gasteiger partial charge in [0.15, 0.2) is 0 Å². The average molecular weight is 271 g/mol. The van der Waals surface area contributed by atoms with Gasteiger partial charge in [-0.1, -0.05) is 20.3 Å². The van der Waals surface area contributed by atoms with Crippen LogP contribution in [0.5, 0.6) is 0 Å². The average Bonchev–Trinajstić information content (AvgIpc) is 2.34. The Labute approximate surface area is 117 Å². The topological polar surface area (TPSA) is 21.3 Å². The molecule has 0 aromatic rings. The number of ether oxygens (including phenoxy) is 1. The maximum atomic E-state index is 5.87. The van der Waals surface area contributed by atoms with Crippen molar-refractivity contribution in [1.82, 2.24) is 5.32 Å². The van der Waals surface area contributed by atoms with E-state index in [-0.39, 0.29) is 0 Å². The fourth-order valence-corrected chi connectivity index (χ4v) is 4.32. The lowest BCUT2D eigenvalue weighted by molar-refractivity contribution is -0.126. The van der Waals surface area contributed by atoms with E-state index < -0.39 is 0 Å². The lowest BCUT2D eigenvalue weighted by atomic mass is 9.61. The molecular weight excluding hydrogens is 242 g/mol. The van der Waals surface area contributed by atoms with Crippen molar-refractivity contribution in [3.8, 4) is 0 Å². The van der Waals surface area contributed by atoms with E-state index in [0.717, 1.165) is 6.61 Å². The maximum absolute atomic E-state index is 5.87. The predicted octanol–water partition coefficient (Wildman–Crippen LogP) is 3.46. The first kappa shape index (κ1) is 14.7. The molecule has 2 fully saturated rings. The van der Waals surface area contributed by atoms with Crippen LogP contribution in [0.1, 0.15) is 52.9 Å². The molecule has 0 amide bonds.